The van der Waals surface area contributed by atoms with Gasteiger partial charge in [0.1, 0.15) is 17.1 Å². The summed E-state index contributed by atoms with van der Waals surface area (Å²) in [5, 5.41) is 10.3. The summed E-state index contributed by atoms with van der Waals surface area (Å²) in [7, 11) is 0. The van der Waals surface area contributed by atoms with Crippen LogP contribution in [-0.4, -0.2) is 10.7 Å². The van der Waals surface area contributed by atoms with Crippen LogP contribution >= 0.6 is 0 Å². The van der Waals surface area contributed by atoms with Crippen LogP contribution in [-0.2, 0) is 12.8 Å². The second kappa shape index (κ2) is 7.29. The molecule has 24 heavy (non-hydrogen) atoms. The monoisotopic (exact) mass is 326 g/mol. The maximum absolute atomic E-state index is 10.3. The van der Waals surface area contributed by atoms with Gasteiger partial charge in [-0.25, -0.2) is 0 Å². The fraction of sp³-hybridized carbons (Fsp3) is 0.455. The minimum atomic E-state index is -0.334. The number of hydrogen-bond acceptors (Lipinski definition) is 2. The lowest BCUT2D eigenvalue weighted by Gasteiger charge is -2.35. The van der Waals surface area contributed by atoms with Gasteiger partial charge in [-0.05, 0) is 78.5 Å². The van der Waals surface area contributed by atoms with E-state index in [-0.39, 0.29) is 5.60 Å². The van der Waals surface area contributed by atoms with Gasteiger partial charge in [-0.2, -0.15) is 0 Å². The molecule has 0 fully saturated rings. The van der Waals surface area contributed by atoms with Crippen LogP contribution < -0.4 is 4.74 Å². The Hall–Kier alpha value is -1.96. The molecule has 0 saturated carbocycles. The summed E-state index contributed by atoms with van der Waals surface area (Å²) in [5.41, 5.74) is 5.44. The average Bonchev–Trinajstić information content (AvgIpc) is 2.45. The van der Waals surface area contributed by atoms with Crippen LogP contribution in [0.25, 0.3) is 0 Å². The maximum atomic E-state index is 10.3. The maximum Gasteiger partial charge on any atom is 0.131 e. The lowest BCUT2D eigenvalue weighted by atomic mass is 9.88. The highest BCUT2D eigenvalue weighted by molar-refractivity contribution is 5.55. The Kier molecular flexibility index (Phi) is 5.58. The number of fused-ring (bicyclic) bond motifs is 1. The molecule has 2 rings (SSSR count). The van der Waals surface area contributed by atoms with Crippen LogP contribution in [0.3, 0.4) is 0 Å². The number of allylic oxidation sites excluding steroid dienone is 5. The number of benzene rings is 1. The second-order valence-electron chi connectivity index (χ2n) is 7.50. The van der Waals surface area contributed by atoms with Crippen molar-refractivity contribution < 1.29 is 9.84 Å². The van der Waals surface area contributed by atoms with Crippen LogP contribution in [0.2, 0.25) is 0 Å². The normalized spacial score (nSPS) is 19.6. The summed E-state index contributed by atoms with van der Waals surface area (Å²) in [6.45, 7) is 12.5. The average molecular weight is 326 g/mol. The van der Waals surface area contributed by atoms with Gasteiger partial charge in [-0.1, -0.05) is 29.4 Å². The molecule has 1 atom stereocenters. The third-order valence-electron chi connectivity index (χ3n) is 4.49. The number of phenols is 1. The molecular formula is C22H30O2. The van der Waals surface area contributed by atoms with Gasteiger partial charge < -0.3 is 9.84 Å². The fourth-order valence-corrected chi connectivity index (χ4v) is 3.00. The summed E-state index contributed by atoms with van der Waals surface area (Å²) in [6.07, 6.45) is 11.1. The van der Waals surface area contributed by atoms with Crippen molar-refractivity contribution in [2.75, 3.05) is 0 Å². The Bertz CT molecular complexity index is 699. The molecular weight excluding hydrogens is 296 g/mol. The van der Waals surface area contributed by atoms with Gasteiger partial charge >= 0.3 is 0 Å². The first kappa shape index (κ1) is 18.4. The molecule has 0 spiro atoms. The zero-order valence-electron chi connectivity index (χ0n) is 15.9. The molecule has 0 saturated heterocycles. The molecule has 0 bridgehead atoms. The van der Waals surface area contributed by atoms with Crippen LogP contribution in [0.15, 0.2) is 41.5 Å². The summed E-state index contributed by atoms with van der Waals surface area (Å²) in [6, 6.07) is 1.87. The third kappa shape index (κ3) is 4.31. The molecule has 1 aliphatic rings. The van der Waals surface area contributed by atoms with Crippen LogP contribution in [0, 0.1) is 6.92 Å². The quantitative estimate of drug-likeness (QED) is 0.558. The molecule has 1 N–H and O–H groups in total. The minimum absolute atomic E-state index is 0.334. The number of ether oxygens (including phenoxy) is 1. The minimum Gasteiger partial charge on any atom is -0.508 e. The second-order valence-corrected chi connectivity index (χ2v) is 7.50. The first-order chi connectivity index (χ1) is 11.2. The molecule has 2 heteroatoms. The fourth-order valence-electron chi connectivity index (χ4n) is 3.00. The topological polar surface area (TPSA) is 29.5 Å². The molecule has 1 aromatic rings. The Morgan fingerprint density at radius 2 is 1.96 bits per heavy atom. The largest absolute Gasteiger partial charge is 0.508 e. The van der Waals surface area contributed by atoms with Crippen molar-refractivity contribution in [2.24, 2.45) is 0 Å². The molecule has 0 aliphatic carbocycles. The predicted octanol–water partition coefficient (Wildman–Crippen LogP) is 5.82. The van der Waals surface area contributed by atoms with Crippen molar-refractivity contribution in [1.29, 1.82) is 0 Å². The lowest BCUT2D eigenvalue weighted by molar-refractivity contribution is 0.112. The van der Waals surface area contributed by atoms with E-state index in [1.165, 1.54) is 16.7 Å². The van der Waals surface area contributed by atoms with E-state index >= 15 is 0 Å². The van der Waals surface area contributed by atoms with Gasteiger partial charge in [-0.3, -0.25) is 0 Å². The van der Waals surface area contributed by atoms with Crippen molar-refractivity contribution in [3.63, 3.8) is 0 Å². The highest BCUT2D eigenvalue weighted by atomic mass is 16.5. The van der Waals surface area contributed by atoms with Crippen LogP contribution in [0.5, 0.6) is 11.5 Å². The Morgan fingerprint density at radius 1 is 1.25 bits per heavy atom. The number of aryl methyl sites for hydroxylation is 1. The first-order valence-corrected chi connectivity index (χ1v) is 8.71. The zero-order valence-corrected chi connectivity index (χ0v) is 15.9. The third-order valence-corrected chi connectivity index (χ3v) is 4.49. The van der Waals surface area contributed by atoms with Gasteiger partial charge in [0, 0.05) is 11.1 Å². The SMILES string of the molecule is CC(C)=C/C=C/[C@]1(C)CCc2c(O)cc(C)c(CC=C(C)C)c2O1. The van der Waals surface area contributed by atoms with Crippen molar-refractivity contribution in [3.8, 4) is 11.5 Å². The molecule has 1 aromatic carbocycles. The number of rotatable bonds is 4. The van der Waals surface area contributed by atoms with E-state index in [0.717, 1.165) is 36.1 Å². The van der Waals surface area contributed by atoms with E-state index < -0.39 is 0 Å². The van der Waals surface area contributed by atoms with Crippen molar-refractivity contribution in [1.82, 2.24) is 0 Å². The molecule has 130 valence electrons. The van der Waals surface area contributed by atoms with Crippen molar-refractivity contribution in [2.45, 2.75) is 66.4 Å². The zero-order chi connectivity index (χ0) is 17.9. The molecule has 0 unspecified atom stereocenters. The summed E-state index contributed by atoms with van der Waals surface area (Å²) >= 11 is 0. The van der Waals surface area contributed by atoms with Crippen molar-refractivity contribution >= 4 is 0 Å². The number of phenolic OH excluding ortho intramolecular Hbond substituents is 1. The molecule has 1 aliphatic heterocycles. The Labute approximate surface area is 146 Å². The van der Waals surface area contributed by atoms with E-state index in [4.69, 9.17) is 4.74 Å². The van der Waals surface area contributed by atoms with Crippen LogP contribution in [0.4, 0.5) is 0 Å². The molecule has 0 aromatic heterocycles. The number of hydrogen-bond donors (Lipinski definition) is 1. The predicted molar refractivity (Wildman–Crippen MR) is 102 cm³/mol. The lowest BCUT2D eigenvalue weighted by Crippen LogP contribution is -2.34. The van der Waals surface area contributed by atoms with Gasteiger partial charge in [0.05, 0.1) is 0 Å². The highest BCUT2D eigenvalue weighted by Crippen LogP contribution is 2.43. The molecule has 1 heterocycles. The van der Waals surface area contributed by atoms with Crippen LogP contribution in [0.1, 0.15) is 57.7 Å². The molecule has 2 nitrogen and oxygen atoms in total. The number of aromatic hydroxyl groups is 1. The van der Waals surface area contributed by atoms with Gasteiger partial charge in [0.2, 0.25) is 0 Å². The Morgan fingerprint density at radius 3 is 2.58 bits per heavy atom. The summed E-state index contributed by atoms with van der Waals surface area (Å²) < 4.78 is 6.42. The molecule has 0 amide bonds. The summed E-state index contributed by atoms with van der Waals surface area (Å²) in [5.74, 6) is 1.24. The van der Waals surface area contributed by atoms with Gasteiger partial charge in [-0.15, -0.1) is 0 Å². The van der Waals surface area contributed by atoms with E-state index in [1.807, 2.05) is 13.0 Å². The standard InChI is InChI=1S/C22H30O2/c1-15(2)8-7-12-22(6)13-11-19-20(23)14-17(5)18(21(19)24-22)10-9-16(3)4/h7-9,12,14,23H,10-11,13H2,1-6H3/b12-7+/t22-/m1/s1. The van der Waals surface area contributed by atoms with Gasteiger partial charge in [0.15, 0.2) is 0 Å². The summed E-state index contributed by atoms with van der Waals surface area (Å²) in [4.78, 5) is 0. The molecule has 0 radical (unpaired) electrons. The van der Waals surface area contributed by atoms with E-state index in [1.54, 1.807) is 0 Å². The van der Waals surface area contributed by atoms with E-state index in [9.17, 15) is 5.11 Å². The highest BCUT2D eigenvalue weighted by Gasteiger charge is 2.32. The van der Waals surface area contributed by atoms with E-state index in [2.05, 4.69) is 58.9 Å². The van der Waals surface area contributed by atoms with Gasteiger partial charge in [0.25, 0.3) is 0 Å². The van der Waals surface area contributed by atoms with Crippen molar-refractivity contribution in [3.05, 3.63) is 58.2 Å². The van der Waals surface area contributed by atoms with E-state index in [0.29, 0.717) is 5.75 Å². The Balaban J connectivity index is 2.42. The first-order valence-electron chi connectivity index (χ1n) is 8.71. The smallest absolute Gasteiger partial charge is 0.131 e.